The lowest BCUT2D eigenvalue weighted by Gasteiger charge is -2.14. The van der Waals surface area contributed by atoms with Crippen molar-refractivity contribution >= 4 is 0 Å². The van der Waals surface area contributed by atoms with Crippen LogP contribution >= 0.6 is 0 Å². The third-order valence-corrected chi connectivity index (χ3v) is 3.36. The van der Waals surface area contributed by atoms with Gasteiger partial charge in [-0.1, -0.05) is 31.2 Å². The number of rotatable bonds is 5. The molecule has 0 spiro atoms. The van der Waals surface area contributed by atoms with Crippen molar-refractivity contribution in [3.05, 3.63) is 53.6 Å². The quantitative estimate of drug-likeness (QED) is 0.878. The first-order valence-corrected chi connectivity index (χ1v) is 6.44. The third kappa shape index (κ3) is 2.79. The molecule has 0 bridgehead atoms. The Morgan fingerprint density at radius 2 is 2.11 bits per heavy atom. The summed E-state index contributed by atoms with van der Waals surface area (Å²) in [6.07, 6.45) is 5.78. The van der Waals surface area contributed by atoms with Crippen molar-refractivity contribution in [3.8, 4) is 0 Å². The SMILES string of the molecule is CCc1ccccc1C(O)CCc1nccn1C. The Balaban J connectivity index is 2.03. The summed E-state index contributed by atoms with van der Waals surface area (Å²) < 4.78 is 2.00. The van der Waals surface area contributed by atoms with Gasteiger partial charge in [0.15, 0.2) is 0 Å². The van der Waals surface area contributed by atoms with Crippen LogP contribution in [0.4, 0.5) is 0 Å². The number of hydrogen-bond acceptors (Lipinski definition) is 2. The lowest BCUT2D eigenvalue weighted by molar-refractivity contribution is 0.166. The van der Waals surface area contributed by atoms with Crippen LogP contribution in [0.2, 0.25) is 0 Å². The first-order valence-electron chi connectivity index (χ1n) is 6.44. The maximum Gasteiger partial charge on any atom is 0.108 e. The number of imidazole rings is 1. The van der Waals surface area contributed by atoms with Crippen molar-refractivity contribution in [3.63, 3.8) is 0 Å². The molecule has 1 unspecified atom stereocenters. The fourth-order valence-electron chi connectivity index (χ4n) is 2.24. The Labute approximate surface area is 108 Å². The minimum absolute atomic E-state index is 0.405. The van der Waals surface area contributed by atoms with Gasteiger partial charge in [-0.3, -0.25) is 0 Å². The summed E-state index contributed by atoms with van der Waals surface area (Å²) in [5.74, 6) is 1.02. The number of aromatic nitrogens is 2. The highest BCUT2D eigenvalue weighted by Gasteiger charge is 2.12. The van der Waals surface area contributed by atoms with E-state index < -0.39 is 6.10 Å². The summed E-state index contributed by atoms with van der Waals surface area (Å²) >= 11 is 0. The molecule has 0 saturated heterocycles. The average Bonchev–Trinajstić information content (AvgIpc) is 2.81. The first kappa shape index (κ1) is 12.8. The van der Waals surface area contributed by atoms with Gasteiger partial charge < -0.3 is 9.67 Å². The molecule has 3 heteroatoms. The van der Waals surface area contributed by atoms with Crippen LogP contribution in [0.3, 0.4) is 0 Å². The third-order valence-electron chi connectivity index (χ3n) is 3.36. The number of aliphatic hydroxyl groups excluding tert-OH is 1. The topological polar surface area (TPSA) is 38.1 Å². The van der Waals surface area contributed by atoms with E-state index in [9.17, 15) is 5.11 Å². The Morgan fingerprint density at radius 1 is 1.33 bits per heavy atom. The second-order valence-corrected chi connectivity index (χ2v) is 4.56. The van der Waals surface area contributed by atoms with Crippen LogP contribution in [0.25, 0.3) is 0 Å². The molecule has 1 heterocycles. The van der Waals surface area contributed by atoms with Crippen molar-refractivity contribution in [2.75, 3.05) is 0 Å². The van der Waals surface area contributed by atoms with E-state index in [1.807, 2.05) is 36.0 Å². The van der Waals surface area contributed by atoms with Crippen LogP contribution in [0.5, 0.6) is 0 Å². The van der Waals surface area contributed by atoms with E-state index in [2.05, 4.69) is 18.0 Å². The number of nitrogens with zero attached hydrogens (tertiary/aromatic N) is 2. The van der Waals surface area contributed by atoms with Crippen LogP contribution in [-0.2, 0) is 19.9 Å². The van der Waals surface area contributed by atoms with Gasteiger partial charge in [0, 0.05) is 25.9 Å². The number of hydrogen-bond donors (Lipinski definition) is 1. The highest BCUT2D eigenvalue weighted by atomic mass is 16.3. The van der Waals surface area contributed by atoms with E-state index in [-0.39, 0.29) is 0 Å². The van der Waals surface area contributed by atoms with E-state index >= 15 is 0 Å². The predicted octanol–water partition coefficient (Wildman–Crippen LogP) is 2.65. The van der Waals surface area contributed by atoms with Crippen LogP contribution in [0, 0.1) is 0 Å². The van der Waals surface area contributed by atoms with E-state index in [1.165, 1.54) is 5.56 Å². The molecule has 0 radical (unpaired) electrons. The standard InChI is InChI=1S/C15H20N2O/c1-3-12-6-4-5-7-13(12)14(18)8-9-15-16-10-11-17(15)2/h4-7,10-11,14,18H,3,8-9H2,1-2H3. The molecule has 1 aromatic heterocycles. The van der Waals surface area contributed by atoms with Gasteiger partial charge in [0.2, 0.25) is 0 Å². The Kier molecular flexibility index (Phi) is 4.15. The number of aryl methyl sites for hydroxylation is 3. The zero-order valence-corrected chi connectivity index (χ0v) is 11.0. The van der Waals surface area contributed by atoms with Crippen LogP contribution < -0.4 is 0 Å². The molecule has 0 amide bonds. The molecule has 2 rings (SSSR count). The van der Waals surface area contributed by atoms with Gasteiger partial charge in [-0.05, 0) is 24.0 Å². The maximum atomic E-state index is 10.3. The monoisotopic (exact) mass is 244 g/mol. The van der Waals surface area contributed by atoms with E-state index in [0.29, 0.717) is 6.42 Å². The average molecular weight is 244 g/mol. The van der Waals surface area contributed by atoms with E-state index in [0.717, 1.165) is 24.2 Å². The van der Waals surface area contributed by atoms with Gasteiger partial charge >= 0.3 is 0 Å². The van der Waals surface area contributed by atoms with Gasteiger partial charge in [-0.2, -0.15) is 0 Å². The molecule has 3 nitrogen and oxygen atoms in total. The molecule has 1 atom stereocenters. The summed E-state index contributed by atoms with van der Waals surface area (Å²) in [5.41, 5.74) is 2.28. The number of benzene rings is 1. The molecule has 96 valence electrons. The minimum Gasteiger partial charge on any atom is -0.388 e. The van der Waals surface area contributed by atoms with Crippen molar-refractivity contribution in [1.29, 1.82) is 0 Å². The smallest absolute Gasteiger partial charge is 0.108 e. The predicted molar refractivity (Wildman–Crippen MR) is 72.3 cm³/mol. The normalized spacial score (nSPS) is 12.6. The second-order valence-electron chi connectivity index (χ2n) is 4.56. The molecule has 0 aliphatic heterocycles. The van der Waals surface area contributed by atoms with Gasteiger partial charge in [0.1, 0.15) is 5.82 Å². The van der Waals surface area contributed by atoms with Gasteiger partial charge in [0.25, 0.3) is 0 Å². The molecule has 18 heavy (non-hydrogen) atoms. The largest absolute Gasteiger partial charge is 0.388 e. The molecule has 0 aliphatic rings. The Morgan fingerprint density at radius 3 is 2.78 bits per heavy atom. The van der Waals surface area contributed by atoms with E-state index in [4.69, 9.17) is 0 Å². The summed E-state index contributed by atoms with van der Waals surface area (Å²) in [5, 5.41) is 10.3. The maximum absolute atomic E-state index is 10.3. The molecule has 0 saturated carbocycles. The summed E-state index contributed by atoms with van der Waals surface area (Å²) in [6.45, 7) is 2.12. The lowest BCUT2D eigenvalue weighted by atomic mass is 9.97. The first-order chi connectivity index (χ1) is 8.72. The highest BCUT2D eigenvalue weighted by Crippen LogP contribution is 2.22. The zero-order chi connectivity index (χ0) is 13.0. The fraction of sp³-hybridized carbons (Fsp3) is 0.400. The lowest BCUT2D eigenvalue weighted by Crippen LogP contribution is -2.05. The second kappa shape index (κ2) is 5.83. The van der Waals surface area contributed by atoms with Crippen LogP contribution in [0.15, 0.2) is 36.7 Å². The molecule has 2 aromatic rings. The Hall–Kier alpha value is -1.61. The zero-order valence-electron chi connectivity index (χ0n) is 11.0. The summed E-state index contributed by atoms with van der Waals surface area (Å²) in [7, 11) is 1.98. The molecule has 1 N–H and O–H groups in total. The van der Waals surface area contributed by atoms with Crippen molar-refractivity contribution < 1.29 is 5.11 Å². The van der Waals surface area contributed by atoms with E-state index in [1.54, 1.807) is 6.20 Å². The molecular weight excluding hydrogens is 224 g/mol. The van der Waals surface area contributed by atoms with Crippen LogP contribution in [0.1, 0.15) is 36.4 Å². The van der Waals surface area contributed by atoms with Gasteiger partial charge in [0.05, 0.1) is 6.10 Å². The molecule has 0 fully saturated rings. The number of aliphatic hydroxyl groups is 1. The summed E-state index contributed by atoms with van der Waals surface area (Å²) in [4.78, 5) is 4.28. The summed E-state index contributed by atoms with van der Waals surface area (Å²) in [6, 6.07) is 8.10. The van der Waals surface area contributed by atoms with Crippen molar-refractivity contribution in [2.24, 2.45) is 7.05 Å². The highest BCUT2D eigenvalue weighted by molar-refractivity contribution is 5.29. The van der Waals surface area contributed by atoms with Crippen molar-refractivity contribution in [1.82, 2.24) is 9.55 Å². The minimum atomic E-state index is -0.405. The molecular formula is C15H20N2O. The van der Waals surface area contributed by atoms with Crippen molar-refractivity contribution in [2.45, 2.75) is 32.3 Å². The molecule has 0 aliphatic carbocycles. The van der Waals surface area contributed by atoms with Gasteiger partial charge in [-0.25, -0.2) is 4.98 Å². The van der Waals surface area contributed by atoms with Gasteiger partial charge in [-0.15, -0.1) is 0 Å². The van der Waals surface area contributed by atoms with Crippen LogP contribution in [-0.4, -0.2) is 14.7 Å². The fourth-order valence-corrected chi connectivity index (χ4v) is 2.24. The Bertz CT molecular complexity index is 505. The molecule has 1 aromatic carbocycles.